The second-order valence-corrected chi connectivity index (χ2v) is 8.02. The van der Waals surface area contributed by atoms with Crippen molar-refractivity contribution >= 4 is 17.7 Å². The zero-order valence-electron chi connectivity index (χ0n) is 18.8. The molecule has 162 valence electrons. The van der Waals surface area contributed by atoms with E-state index in [0.717, 1.165) is 27.9 Å². The Balaban J connectivity index is 1.75. The van der Waals surface area contributed by atoms with Crippen LogP contribution in [-0.4, -0.2) is 15.7 Å². The highest BCUT2D eigenvalue weighted by atomic mass is 16.1. The molecule has 0 atom stereocenters. The van der Waals surface area contributed by atoms with E-state index in [-0.39, 0.29) is 5.57 Å². The third kappa shape index (κ3) is 4.91. The monoisotopic (exact) mass is 432 g/mol. The molecule has 1 aromatic heterocycles. The van der Waals surface area contributed by atoms with Crippen molar-refractivity contribution in [3.63, 3.8) is 0 Å². The summed E-state index contributed by atoms with van der Waals surface area (Å²) in [5.74, 6) is -0.452. The van der Waals surface area contributed by atoms with Gasteiger partial charge < -0.3 is 5.32 Å². The number of benzene rings is 3. The van der Waals surface area contributed by atoms with Gasteiger partial charge in [0.2, 0.25) is 0 Å². The first-order valence-corrected chi connectivity index (χ1v) is 10.7. The summed E-state index contributed by atoms with van der Waals surface area (Å²) in [4.78, 5) is 12.9. The van der Waals surface area contributed by atoms with E-state index < -0.39 is 5.91 Å². The second kappa shape index (κ2) is 9.37. The van der Waals surface area contributed by atoms with Crippen LogP contribution in [0.25, 0.3) is 23.0 Å². The number of hydrogen-bond acceptors (Lipinski definition) is 3. The number of carbonyl (C=O) groups is 1. The smallest absolute Gasteiger partial charge is 0.266 e. The van der Waals surface area contributed by atoms with Gasteiger partial charge in [-0.15, -0.1) is 0 Å². The molecule has 0 saturated heterocycles. The van der Waals surface area contributed by atoms with Crippen LogP contribution in [-0.2, 0) is 4.79 Å². The molecular weight excluding hydrogens is 408 g/mol. The molecule has 5 heteroatoms. The third-order valence-corrected chi connectivity index (χ3v) is 5.38. The quantitative estimate of drug-likeness (QED) is 0.310. The Morgan fingerprint density at radius 1 is 0.970 bits per heavy atom. The SMILES string of the molecule is Cc1ccc(-c2nn(-c3ccccc3)cc2/C=C(\C#N)C(=O)Nc2ccc(C)cc2C)cc1. The van der Waals surface area contributed by atoms with Crippen LogP contribution in [0.5, 0.6) is 0 Å². The lowest BCUT2D eigenvalue weighted by molar-refractivity contribution is -0.112. The van der Waals surface area contributed by atoms with Crippen LogP contribution in [0.1, 0.15) is 22.3 Å². The lowest BCUT2D eigenvalue weighted by atomic mass is 10.0. The molecule has 0 aliphatic rings. The van der Waals surface area contributed by atoms with E-state index in [1.165, 1.54) is 0 Å². The summed E-state index contributed by atoms with van der Waals surface area (Å²) in [5.41, 5.74) is 7.08. The van der Waals surface area contributed by atoms with E-state index in [9.17, 15) is 10.1 Å². The van der Waals surface area contributed by atoms with Crippen molar-refractivity contribution in [2.45, 2.75) is 20.8 Å². The Morgan fingerprint density at radius 2 is 1.67 bits per heavy atom. The van der Waals surface area contributed by atoms with E-state index >= 15 is 0 Å². The zero-order chi connectivity index (χ0) is 23.4. The van der Waals surface area contributed by atoms with Gasteiger partial charge >= 0.3 is 0 Å². The first kappa shape index (κ1) is 21.8. The van der Waals surface area contributed by atoms with E-state index in [0.29, 0.717) is 16.9 Å². The normalized spacial score (nSPS) is 11.2. The predicted molar refractivity (Wildman–Crippen MR) is 132 cm³/mol. The van der Waals surface area contributed by atoms with Gasteiger partial charge in [-0.1, -0.05) is 65.7 Å². The molecule has 0 unspecified atom stereocenters. The van der Waals surface area contributed by atoms with Gasteiger partial charge in [0.25, 0.3) is 5.91 Å². The van der Waals surface area contributed by atoms with Crippen LogP contribution >= 0.6 is 0 Å². The first-order valence-electron chi connectivity index (χ1n) is 10.7. The molecular formula is C28H24N4O. The van der Waals surface area contributed by atoms with Crippen molar-refractivity contribution in [1.82, 2.24) is 9.78 Å². The Morgan fingerprint density at radius 3 is 2.33 bits per heavy atom. The number of aromatic nitrogens is 2. The molecule has 0 radical (unpaired) electrons. The number of anilines is 1. The summed E-state index contributed by atoms with van der Waals surface area (Å²) in [6.45, 7) is 5.95. The lowest BCUT2D eigenvalue weighted by Crippen LogP contribution is -2.14. The average molecular weight is 433 g/mol. The maximum Gasteiger partial charge on any atom is 0.266 e. The number of amides is 1. The van der Waals surface area contributed by atoms with Gasteiger partial charge in [-0.05, 0) is 50.6 Å². The average Bonchev–Trinajstić information content (AvgIpc) is 3.24. The van der Waals surface area contributed by atoms with Gasteiger partial charge in [0.15, 0.2) is 0 Å². The number of para-hydroxylation sites is 1. The summed E-state index contributed by atoms with van der Waals surface area (Å²) in [5, 5.41) is 17.4. The number of aryl methyl sites for hydroxylation is 3. The minimum Gasteiger partial charge on any atom is -0.321 e. The molecule has 33 heavy (non-hydrogen) atoms. The van der Waals surface area contributed by atoms with Gasteiger partial charge in [-0.2, -0.15) is 10.4 Å². The van der Waals surface area contributed by atoms with Crippen molar-refractivity contribution in [1.29, 1.82) is 5.26 Å². The van der Waals surface area contributed by atoms with Crippen LogP contribution in [0.4, 0.5) is 5.69 Å². The topological polar surface area (TPSA) is 70.7 Å². The summed E-state index contributed by atoms with van der Waals surface area (Å²) in [7, 11) is 0. The lowest BCUT2D eigenvalue weighted by Gasteiger charge is -2.08. The Hall–Kier alpha value is -4.43. The van der Waals surface area contributed by atoms with Gasteiger partial charge in [0.1, 0.15) is 11.6 Å². The standard InChI is InChI=1S/C28H24N4O/c1-19-9-12-22(13-10-19)27-24(18-32(31-27)25-7-5-4-6-8-25)16-23(17-29)28(33)30-26-14-11-20(2)15-21(26)3/h4-16,18H,1-3H3,(H,30,33)/b23-16+. The van der Waals surface area contributed by atoms with Crippen molar-refractivity contribution in [3.8, 4) is 23.0 Å². The summed E-state index contributed by atoms with van der Waals surface area (Å²) in [6.07, 6.45) is 3.44. The van der Waals surface area contributed by atoms with Crippen molar-refractivity contribution in [2.75, 3.05) is 5.32 Å². The number of nitrogens with zero attached hydrogens (tertiary/aromatic N) is 3. The molecule has 1 amide bonds. The molecule has 4 rings (SSSR count). The minimum atomic E-state index is -0.452. The highest BCUT2D eigenvalue weighted by Gasteiger charge is 2.16. The fourth-order valence-electron chi connectivity index (χ4n) is 3.59. The molecule has 0 spiro atoms. The van der Waals surface area contributed by atoms with E-state index in [2.05, 4.69) is 11.4 Å². The third-order valence-electron chi connectivity index (χ3n) is 5.38. The fraction of sp³-hybridized carbons (Fsp3) is 0.107. The molecule has 5 nitrogen and oxygen atoms in total. The largest absolute Gasteiger partial charge is 0.321 e. The molecule has 1 N–H and O–H groups in total. The molecule has 3 aromatic carbocycles. The van der Waals surface area contributed by atoms with Gasteiger partial charge in [-0.3, -0.25) is 4.79 Å². The molecule has 0 aliphatic heterocycles. The molecule has 0 aliphatic carbocycles. The molecule has 1 heterocycles. The van der Waals surface area contributed by atoms with Crippen molar-refractivity contribution in [2.24, 2.45) is 0 Å². The Labute approximate surface area is 193 Å². The van der Waals surface area contributed by atoms with Gasteiger partial charge in [0, 0.05) is 23.0 Å². The van der Waals surface area contributed by atoms with E-state index in [4.69, 9.17) is 5.10 Å². The number of carbonyl (C=O) groups excluding carboxylic acids is 1. The Kier molecular flexibility index (Phi) is 6.19. The minimum absolute atomic E-state index is 0.0101. The molecule has 4 aromatic rings. The van der Waals surface area contributed by atoms with Crippen LogP contribution in [0.2, 0.25) is 0 Å². The number of rotatable bonds is 5. The fourth-order valence-corrected chi connectivity index (χ4v) is 3.59. The zero-order valence-corrected chi connectivity index (χ0v) is 18.8. The van der Waals surface area contributed by atoms with Crippen LogP contribution < -0.4 is 5.32 Å². The molecule has 0 bridgehead atoms. The number of nitriles is 1. The van der Waals surface area contributed by atoms with Crippen molar-refractivity contribution in [3.05, 3.63) is 107 Å². The molecule has 0 fully saturated rings. The van der Waals surface area contributed by atoms with Crippen LogP contribution in [0.15, 0.2) is 84.6 Å². The molecule has 0 saturated carbocycles. The predicted octanol–water partition coefficient (Wildman–Crippen LogP) is 6.01. The van der Waals surface area contributed by atoms with Crippen LogP contribution in [0.3, 0.4) is 0 Å². The van der Waals surface area contributed by atoms with Crippen LogP contribution in [0, 0.1) is 32.1 Å². The highest BCUT2D eigenvalue weighted by Crippen LogP contribution is 2.26. The first-order chi connectivity index (χ1) is 15.9. The highest BCUT2D eigenvalue weighted by molar-refractivity contribution is 6.10. The maximum absolute atomic E-state index is 12.9. The number of nitrogens with one attached hydrogen (secondary N) is 1. The van der Waals surface area contributed by atoms with E-state index in [1.54, 1.807) is 10.8 Å². The Bertz CT molecular complexity index is 1370. The summed E-state index contributed by atoms with van der Waals surface area (Å²) >= 11 is 0. The van der Waals surface area contributed by atoms with Gasteiger partial charge in [-0.25, -0.2) is 4.68 Å². The second-order valence-electron chi connectivity index (χ2n) is 8.02. The van der Waals surface area contributed by atoms with Gasteiger partial charge in [0.05, 0.1) is 11.4 Å². The summed E-state index contributed by atoms with van der Waals surface area (Å²) in [6, 6.07) is 25.6. The maximum atomic E-state index is 12.9. The number of hydrogen-bond donors (Lipinski definition) is 1. The summed E-state index contributed by atoms with van der Waals surface area (Å²) < 4.78 is 1.76. The van der Waals surface area contributed by atoms with Crippen molar-refractivity contribution < 1.29 is 4.79 Å². The van der Waals surface area contributed by atoms with E-state index in [1.807, 2.05) is 99.8 Å².